The van der Waals surface area contributed by atoms with Crippen molar-refractivity contribution in [1.82, 2.24) is 0 Å². The molecule has 0 fully saturated rings. The molecule has 7 unspecified atom stereocenters. The molecule has 3 aromatic rings. The van der Waals surface area contributed by atoms with Crippen LogP contribution in [0.4, 0.5) is 0 Å². The van der Waals surface area contributed by atoms with Gasteiger partial charge >= 0.3 is 0 Å². The molecule has 3 aromatic carbocycles. The van der Waals surface area contributed by atoms with Crippen LogP contribution in [-0.4, -0.2) is 76.2 Å². The predicted molar refractivity (Wildman–Crippen MR) is 209 cm³/mol. The summed E-state index contributed by atoms with van der Waals surface area (Å²) in [6, 6.07) is 9.00. The second-order valence-electron chi connectivity index (χ2n) is 15.0. The lowest BCUT2D eigenvalue weighted by Gasteiger charge is -2.44. The fourth-order valence-electron chi connectivity index (χ4n) is 8.51. The van der Waals surface area contributed by atoms with Gasteiger partial charge in [-0.1, -0.05) is 66.7 Å². The highest BCUT2D eigenvalue weighted by Gasteiger charge is 2.49. The molecule has 284 valence electrons. The van der Waals surface area contributed by atoms with Crippen LogP contribution < -0.4 is 18.9 Å². The van der Waals surface area contributed by atoms with E-state index in [2.05, 4.69) is 32.6 Å². The zero-order chi connectivity index (χ0) is 37.4. The van der Waals surface area contributed by atoms with Crippen molar-refractivity contribution >= 4 is 21.6 Å². The minimum absolute atomic E-state index is 0.0375. The molecule has 0 saturated heterocycles. The Morgan fingerprint density at radius 2 is 1.79 bits per heavy atom. The van der Waals surface area contributed by atoms with Gasteiger partial charge in [0.25, 0.3) is 0 Å². The van der Waals surface area contributed by atoms with Crippen molar-refractivity contribution < 1.29 is 44.5 Å². The molecule has 9 nitrogen and oxygen atoms in total. The lowest BCUT2D eigenvalue weighted by atomic mass is 9.65. The summed E-state index contributed by atoms with van der Waals surface area (Å²) < 4.78 is 25.2. The Balaban J connectivity index is 1.50. The second-order valence-corrected chi connectivity index (χ2v) is 17.7. The molecule has 7 rings (SSSR count). The molecule has 4 bridgehead atoms. The van der Waals surface area contributed by atoms with Gasteiger partial charge in [-0.05, 0) is 71.9 Å². The van der Waals surface area contributed by atoms with Gasteiger partial charge in [0.1, 0.15) is 30.0 Å². The van der Waals surface area contributed by atoms with Gasteiger partial charge in [0.15, 0.2) is 17.6 Å². The third-order valence-corrected chi connectivity index (χ3v) is 13.9. The number of phenols is 2. The molecule has 7 atom stereocenters. The minimum Gasteiger partial charge on any atom is -0.508 e. The van der Waals surface area contributed by atoms with Crippen LogP contribution in [0.1, 0.15) is 98.1 Å². The van der Waals surface area contributed by atoms with Gasteiger partial charge in [-0.3, -0.25) is 0 Å². The molecular weight excluding hydrogens is 713 g/mol. The van der Waals surface area contributed by atoms with Crippen LogP contribution in [0.3, 0.4) is 0 Å². The minimum atomic E-state index is -1.08. The average molecular weight is 763 g/mol. The lowest BCUT2D eigenvalue weighted by molar-refractivity contribution is 0.000552. The van der Waals surface area contributed by atoms with Gasteiger partial charge in [-0.25, -0.2) is 0 Å². The van der Waals surface area contributed by atoms with E-state index < -0.39 is 24.0 Å². The molecule has 11 heteroatoms. The summed E-state index contributed by atoms with van der Waals surface area (Å²) in [7, 11) is 4.94. The van der Waals surface area contributed by atoms with E-state index in [0.29, 0.717) is 41.1 Å². The topological polar surface area (TPSA) is 138 Å². The monoisotopic (exact) mass is 762 g/mol. The molecule has 2 aliphatic carbocycles. The average Bonchev–Trinajstić information content (AvgIpc) is 3.16. The van der Waals surface area contributed by atoms with E-state index in [4.69, 9.17) is 18.9 Å². The quantitative estimate of drug-likeness (QED) is 0.110. The molecule has 53 heavy (non-hydrogen) atoms. The number of hydrogen-bond acceptors (Lipinski definition) is 11. The Kier molecular flexibility index (Phi) is 11.5. The Hall–Kier alpha value is -3.40. The van der Waals surface area contributed by atoms with Crippen molar-refractivity contribution in [3.63, 3.8) is 0 Å². The van der Waals surface area contributed by atoms with Crippen LogP contribution in [0, 0.1) is 23.7 Å². The highest BCUT2D eigenvalue weighted by Crippen LogP contribution is 2.61. The summed E-state index contributed by atoms with van der Waals surface area (Å²) in [6.07, 6.45) is 1.82. The number of aromatic hydroxyl groups is 2. The SMILES string of the molecule is COc1c(O)c(OCCC(C)C)cc2c1CC#CC1SSCCC(C)CCC3c4cc(O)ccc4-c4c(OCCO)cc5c(c4C3CO)C1C(O)C2O5. The van der Waals surface area contributed by atoms with E-state index in [9.17, 15) is 25.5 Å². The van der Waals surface area contributed by atoms with Crippen molar-refractivity contribution in [2.75, 3.05) is 39.3 Å². The zero-order valence-corrected chi connectivity index (χ0v) is 32.4. The summed E-state index contributed by atoms with van der Waals surface area (Å²) in [5.41, 5.74) is 5.51. The van der Waals surface area contributed by atoms with Gasteiger partial charge in [-0.15, -0.1) is 0 Å². The first-order valence-corrected chi connectivity index (χ1v) is 21.1. The van der Waals surface area contributed by atoms with Crippen LogP contribution in [0.15, 0.2) is 30.3 Å². The number of fused-ring (bicyclic) bond motifs is 7. The number of methoxy groups -OCH3 is 1. The molecule has 4 aliphatic rings. The maximum atomic E-state index is 12.8. The number of hydrogen-bond donors (Lipinski definition) is 5. The summed E-state index contributed by atoms with van der Waals surface area (Å²) in [5.74, 6) is 9.17. The van der Waals surface area contributed by atoms with Gasteiger partial charge in [0, 0.05) is 52.3 Å². The molecule has 0 amide bonds. The van der Waals surface area contributed by atoms with E-state index in [0.717, 1.165) is 59.3 Å². The Morgan fingerprint density at radius 1 is 0.981 bits per heavy atom. The van der Waals surface area contributed by atoms with Crippen molar-refractivity contribution in [3.05, 3.63) is 58.1 Å². The Bertz CT molecular complexity index is 1880. The molecule has 0 radical (unpaired) electrons. The molecular formula is C42H50O9S2. The first-order valence-electron chi connectivity index (χ1n) is 18.7. The summed E-state index contributed by atoms with van der Waals surface area (Å²) in [6.45, 7) is 6.54. The maximum absolute atomic E-state index is 12.8. The van der Waals surface area contributed by atoms with Crippen molar-refractivity contribution in [1.29, 1.82) is 0 Å². The van der Waals surface area contributed by atoms with Crippen LogP contribution in [-0.2, 0) is 6.42 Å². The second kappa shape index (κ2) is 16.1. The number of phenolic OH excluding ortho intramolecular Hbond substituents is 2. The smallest absolute Gasteiger partial charge is 0.201 e. The molecule has 2 heterocycles. The summed E-state index contributed by atoms with van der Waals surface area (Å²) >= 11 is 0. The van der Waals surface area contributed by atoms with E-state index in [1.54, 1.807) is 33.7 Å². The van der Waals surface area contributed by atoms with Crippen LogP contribution in [0.2, 0.25) is 0 Å². The van der Waals surface area contributed by atoms with Gasteiger partial charge < -0.3 is 44.5 Å². The Labute approximate surface area is 319 Å². The summed E-state index contributed by atoms with van der Waals surface area (Å²) in [5, 5.41) is 55.8. The number of benzene rings is 3. The maximum Gasteiger partial charge on any atom is 0.201 e. The van der Waals surface area contributed by atoms with Crippen molar-refractivity contribution in [3.8, 4) is 57.5 Å². The molecule has 0 saturated carbocycles. The highest BCUT2D eigenvalue weighted by molar-refractivity contribution is 8.77. The van der Waals surface area contributed by atoms with E-state index in [-0.39, 0.29) is 60.4 Å². The fraction of sp³-hybridized carbons (Fsp3) is 0.524. The first kappa shape index (κ1) is 37.9. The molecule has 2 aliphatic heterocycles. The lowest BCUT2D eigenvalue weighted by Crippen LogP contribution is -2.40. The third-order valence-electron chi connectivity index (χ3n) is 11.2. The van der Waals surface area contributed by atoms with Crippen LogP contribution in [0.25, 0.3) is 11.1 Å². The number of aliphatic hydroxyl groups excluding tert-OH is 3. The molecule has 0 aromatic heterocycles. The van der Waals surface area contributed by atoms with Crippen LogP contribution >= 0.6 is 21.6 Å². The van der Waals surface area contributed by atoms with Gasteiger partial charge in [0.2, 0.25) is 5.75 Å². The number of aliphatic hydroxyl groups is 3. The van der Waals surface area contributed by atoms with Crippen LogP contribution in [0.5, 0.6) is 34.5 Å². The molecule has 5 N–H and O–H groups in total. The van der Waals surface area contributed by atoms with E-state index in [1.165, 1.54) is 7.11 Å². The standard InChI is InChI=1S/C42H50O9S2/c1-22(2)12-15-49-33-19-29-27(41(48-4)39(33)46)6-5-7-34-38-37-32(51-42(29)40(38)47)20-31(50-16-14-43)35-26-11-9-24(45)18-28(26)25(30(21-44)36(35)37)10-8-23(3)13-17-52-53-34/h9,11,18-20,22-23,25,30,34,38,40,42-47H,6,8,10,12-17,21H2,1-4H3. The third kappa shape index (κ3) is 7.14. The predicted octanol–water partition coefficient (Wildman–Crippen LogP) is 7.45. The normalized spacial score (nSPS) is 25.8. The van der Waals surface area contributed by atoms with Crippen molar-refractivity contribution in [2.24, 2.45) is 11.8 Å². The summed E-state index contributed by atoms with van der Waals surface area (Å²) in [4.78, 5) is 0. The number of ether oxygens (including phenoxy) is 4. The zero-order valence-electron chi connectivity index (χ0n) is 30.8. The van der Waals surface area contributed by atoms with E-state index in [1.807, 2.05) is 18.2 Å². The van der Waals surface area contributed by atoms with Gasteiger partial charge in [-0.2, -0.15) is 0 Å². The first-order chi connectivity index (χ1) is 25.7. The number of rotatable bonds is 9. The highest BCUT2D eigenvalue weighted by atomic mass is 33.1. The molecule has 0 spiro atoms. The fourth-order valence-corrected chi connectivity index (χ4v) is 11.3. The van der Waals surface area contributed by atoms with E-state index >= 15 is 0 Å². The largest absolute Gasteiger partial charge is 0.508 e. The van der Waals surface area contributed by atoms with Gasteiger partial charge in [0.05, 0.1) is 32.2 Å². The van der Waals surface area contributed by atoms with Crippen molar-refractivity contribution in [2.45, 2.75) is 88.1 Å². The Morgan fingerprint density at radius 3 is 2.55 bits per heavy atom.